The molecule has 2 heterocycles. The fourth-order valence-electron chi connectivity index (χ4n) is 3.64. The molecule has 0 radical (unpaired) electrons. The van der Waals surface area contributed by atoms with Crippen LogP contribution in [0.1, 0.15) is 21.5 Å². The molecule has 2 aliphatic heterocycles. The number of anilines is 1. The fraction of sp³-hybridized carbons (Fsp3) is 0.273. The Bertz CT molecular complexity index is 1010. The standard InChI is InChI=1S/C22H23ClN4O2/c1-26-6-8-27(9-7-26)13-14-10-15(23)11-17-21(28)20(29-22(14)17)12-19(25)16-4-2-3-5-18(16)24/h2-5,10-12,25H,6-9,13,24H2,1H3/b20-12-,25-19?. The Morgan fingerprint density at radius 1 is 1.24 bits per heavy atom. The first-order valence-electron chi connectivity index (χ1n) is 9.53. The Hall–Kier alpha value is -2.67. The van der Waals surface area contributed by atoms with Crippen molar-refractivity contribution in [1.29, 1.82) is 5.41 Å². The van der Waals surface area contributed by atoms with Gasteiger partial charge in [-0.2, -0.15) is 0 Å². The first-order chi connectivity index (χ1) is 13.9. The molecule has 1 saturated heterocycles. The van der Waals surface area contributed by atoms with Gasteiger partial charge in [0.05, 0.1) is 11.3 Å². The smallest absolute Gasteiger partial charge is 0.232 e. The minimum absolute atomic E-state index is 0.121. The van der Waals surface area contributed by atoms with E-state index in [-0.39, 0.29) is 17.3 Å². The first-order valence-corrected chi connectivity index (χ1v) is 9.91. The highest BCUT2D eigenvalue weighted by Crippen LogP contribution is 2.37. The van der Waals surface area contributed by atoms with Crippen LogP contribution in [0.25, 0.3) is 0 Å². The molecule has 29 heavy (non-hydrogen) atoms. The number of nitrogen functional groups attached to an aromatic ring is 1. The molecule has 0 saturated carbocycles. The highest BCUT2D eigenvalue weighted by molar-refractivity contribution is 6.31. The normalized spacial score (nSPS) is 18.7. The molecule has 3 N–H and O–H groups in total. The number of hydrogen-bond acceptors (Lipinski definition) is 6. The molecule has 4 rings (SSSR count). The maximum atomic E-state index is 12.9. The second kappa shape index (κ2) is 7.99. The lowest BCUT2D eigenvalue weighted by molar-refractivity contribution is 0.101. The summed E-state index contributed by atoms with van der Waals surface area (Å²) in [7, 11) is 2.11. The number of hydrogen-bond donors (Lipinski definition) is 2. The van der Waals surface area contributed by atoms with Gasteiger partial charge in [0.25, 0.3) is 0 Å². The predicted molar refractivity (Wildman–Crippen MR) is 115 cm³/mol. The van der Waals surface area contributed by atoms with E-state index in [0.717, 1.165) is 31.7 Å². The van der Waals surface area contributed by atoms with E-state index in [0.29, 0.717) is 34.1 Å². The van der Waals surface area contributed by atoms with Crippen LogP contribution in [0.5, 0.6) is 5.75 Å². The molecule has 7 heteroatoms. The summed E-state index contributed by atoms with van der Waals surface area (Å²) >= 11 is 6.29. The molecule has 2 aliphatic rings. The zero-order chi connectivity index (χ0) is 20.5. The summed E-state index contributed by atoms with van der Waals surface area (Å²) in [6.45, 7) is 4.58. The summed E-state index contributed by atoms with van der Waals surface area (Å²) in [5, 5.41) is 8.83. The minimum atomic E-state index is -0.263. The van der Waals surface area contributed by atoms with Crippen LogP contribution in [0.2, 0.25) is 5.02 Å². The van der Waals surface area contributed by atoms with Crippen molar-refractivity contribution < 1.29 is 9.53 Å². The van der Waals surface area contributed by atoms with Crippen LogP contribution in [0.4, 0.5) is 5.69 Å². The van der Waals surface area contributed by atoms with Gasteiger partial charge in [-0.15, -0.1) is 0 Å². The van der Waals surface area contributed by atoms with E-state index in [1.165, 1.54) is 6.08 Å². The lowest BCUT2D eigenvalue weighted by Gasteiger charge is -2.32. The molecule has 0 bridgehead atoms. The summed E-state index contributed by atoms with van der Waals surface area (Å²) < 4.78 is 5.93. The van der Waals surface area contributed by atoms with Crippen molar-refractivity contribution in [1.82, 2.24) is 9.80 Å². The molecule has 2 aromatic carbocycles. The Kier molecular flexibility index (Phi) is 5.41. The van der Waals surface area contributed by atoms with Gasteiger partial charge in [-0.1, -0.05) is 29.8 Å². The Balaban J connectivity index is 1.60. The zero-order valence-corrected chi connectivity index (χ0v) is 17.0. The molecule has 0 unspecified atom stereocenters. The van der Waals surface area contributed by atoms with Gasteiger partial charge in [0.2, 0.25) is 5.78 Å². The van der Waals surface area contributed by atoms with Crippen molar-refractivity contribution in [3.8, 4) is 5.75 Å². The molecule has 6 nitrogen and oxygen atoms in total. The molecular formula is C22H23ClN4O2. The summed E-state index contributed by atoms with van der Waals surface area (Å²) in [5.41, 5.74) is 8.46. The van der Waals surface area contributed by atoms with Crippen LogP contribution in [-0.2, 0) is 6.54 Å². The number of fused-ring (bicyclic) bond motifs is 1. The number of benzene rings is 2. The van der Waals surface area contributed by atoms with E-state index in [2.05, 4.69) is 16.8 Å². The maximum Gasteiger partial charge on any atom is 0.232 e. The number of ketones is 1. The average Bonchev–Trinajstić information content (AvgIpc) is 3.00. The number of allylic oxidation sites excluding steroid dienone is 2. The molecule has 2 aromatic rings. The maximum absolute atomic E-state index is 12.9. The van der Waals surface area contributed by atoms with Gasteiger partial charge in [-0.3, -0.25) is 9.69 Å². The SMILES string of the molecule is CN1CCN(Cc2cc(Cl)cc3c2O/C(=C\C(=N)c2ccccc2N)C3=O)CC1. The van der Waals surface area contributed by atoms with Crippen molar-refractivity contribution in [2.45, 2.75) is 6.54 Å². The number of carbonyl (C=O) groups is 1. The Labute approximate surface area is 175 Å². The molecular weight excluding hydrogens is 388 g/mol. The highest BCUT2D eigenvalue weighted by atomic mass is 35.5. The number of likely N-dealkylation sites (N-methyl/N-ethyl adjacent to an activating group) is 1. The minimum Gasteiger partial charge on any atom is -0.452 e. The fourth-order valence-corrected chi connectivity index (χ4v) is 3.88. The van der Waals surface area contributed by atoms with E-state index in [4.69, 9.17) is 27.5 Å². The van der Waals surface area contributed by atoms with Gasteiger partial charge in [-0.25, -0.2) is 0 Å². The van der Waals surface area contributed by atoms with E-state index in [9.17, 15) is 4.79 Å². The van der Waals surface area contributed by atoms with Crippen LogP contribution < -0.4 is 10.5 Å². The van der Waals surface area contributed by atoms with Gasteiger partial charge in [0.1, 0.15) is 5.75 Å². The van der Waals surface area contributed by atoms with Gasteiger partial charge >= 0.3 is 0 Å². The lowest BCUT2D eigenvalue weighted by Crippen LogP contribution is -2.43. The Morgan fingerprint density at radius 3 is 2.69 bits per heavy atom. The molecule has 150 valence electrons. The summed E-state index contributed by atoms with van der Waals surface area (Å²) in [6, 6.07) is 10.6. The molecule has 0 amide bonds. The first kappa shape index (κ1) is 19.6. The lowest BCUT2D eigenvalue weighted by atomic mass is 10.0. The highest BCUT2D eigenvalue weighted by Gasteiger charge is 2.31. The van der Waals surface area contributed by atoms with Gasteiger partial charge in [-0.05, 0) is 25.2 Å². The van der Waals surface area contributed by atoms with Crippen LogP contribution >= 0.6 is 11.6 Å². The third kappa shape index (κ3) is 4.05. The van der Waals surface area contributed by atoms with Gasteiger partial charge < -0.3 is 20.8 Å². The molecule has 0 aliphatic carbocycles. The second-order valence-electron chi connectivity index (χ2n) is 7.46. The van der Waals surface area contributed by atoms with Crippen LogP contribution in [0.3, 0.4) is 0 Å². The zero-order valence-electron chi connectivity index (χ0n) is 16.2. The van der Waals surface area contributed by atoms with Crippen molar-refractivity contribution in [2.24, 2.45) is 0 Å². The largest absolute Gasteiger partial charge is 0.452 e. The number of Topliss-reactive ketones (excluding diaryl/α,β-unsaturated/α-hetero) is 1. The monoisotopic (exact) mass is 410 g/mol. The molecule has 0 atom stereocenters. The average molecular weight is 411 g/mol. The number of nitrogens with two attached hydrogens (primary N) is 1. The van der Waals surface area contributed by atoms with E-state index < -0.39 is 0 Å². The van der Waals surface area contributed by atoms with Gasteiger partial charge in [0, 0.05) is 60.6 Å². The Morgan fingerprint density at radius 2 is 1.97 bits per heavy atom. The van der Waals surface area contributed by atoms with Crippen LogP contribution in [-0.4, -0.2) is 54.5 Å². The predicted octanol–water partition coefficient (Wildman–Crippen LogP) is 3.20. The molecule has 0 aromatic heterocycles. The summed E-state index contributed by atoms with van der Waals surface area (Å²) in [4.78, 5) is 17.5. The number of piperazine rings is 1. The second-order valence-corrected chi connectivity index (χ2v) is 7.90. The van der Waals surface area contributed by atoms with Crippen LogP contribution in [0, 0.1) is 5.41 Å². The third-order valence-electron chi connectivity index (χ3n) is 5.33. The number of halogens is 1. The number of nitrogens with one attached hydrogen (secondary N) is 1. The van der Waals surface area contributed by atoms with Gasteiger partial charge in [0.15, 0.2) is 5.76 Å². The quantitative estimate of drug-likeness (QED) is 0.459. The van der Waals surface area contributed by atoms with Crippen molar-refractivity contribution in [2.75, 3.05) is 39.0 Å². The topological polar surface area (TPSA) is 82.7 Å². The number of ether oxygens (including phenoxy) is 1. The van der Waals surface area contributed by atoms with E-state index in [1.807, 2.05) is 6.07 Å². The van der Waals surface area contributed by atoms with Crippen molar-refractivity contribution in [3.05, 3.63) is 69.9 Å². The third-order valence-corrected chi connectivity index (χ3v) is 5.55. The summed E-state index contributed by atoms with van der Waals surface area (Å²) in [5.74, 6) is 0.398. The van der Waals surface area contributed by atoms with E-state index >= 15 is 0 Å². The number of nitrogens with zero attached hydrogens (tertiary/aromatic N) is 2. The molecule has 0 spiro atoms. The number of para-hydroxylation sites is 1. The van der Waals surface area contributed by atoms with Crippen molar-refractivity contribution in [3.63, 3.8) is 0 Å². The summed E-state index contributed by atoms with van der Waals surface area (Å²) in [6.07, 6.45) is 1.43. The van der Waals surface area contributed by atoms with Crippen LogP contribution in [0.15, 0.2) is 48.2 Å². The van der Waals surface area contributed by atoms with Crippen molar-refractivity contribution >= 4 is 28.8 Å². The molecule has 1 fully saturated rings. The number of rotatable bonds is 4. The number of carbonyl (C=O) groups excluding carboxylic acids is 1. The van der Waals surface area contributed by atoms with E-state index in [1.54, 1.807) is 30.3 Å².